The first-order valence-electron chi connectivity index (χ1n) is 9.07. The minimum absolute atomic E-state index is 0.0920. The number of piperidine rings is 1. The summed E-state index contributed by atoms with van der Waals surface area (Å²) in [5.74, 6) is -0.647. The first-order chi connectivity index (χ1) is 12.6. The summed E-state index contributed by atoms with van der Waals surface area (Å²) in [6, 6.07) is 0. The molecule has 7 nitrogen and oxygen atoms in total. The minimum atomic E-state index is -0.887. The molecule has 2 heterocycles. The average Bonchev–Trinajstić information content (AvgIpc) is 2.61. The van der Waals surface area contributed by atoms with Gasteiger partial charge >= 0.3 is 5.97 Å². The Morgan fingerprint density at radius 1 is 1.33 bits per heavy atom. The highest BCUT2D eigenvalue weighted by molar-refractivity contribution is 5.82. The van der Waals surface area contributed by atoms with Crippen molar-refractivity contribution in [3.8, 4) is 0 Å². The van der Waals surface area contributed by atoms with Gasteiger partial charge in [-0.05, 0) is 37.3 Å². The lowest BCUT2D eigenvalue weighted by molar-refractivity contribution is -0.136. The molecule has 0 radical (unpaired) electrons. The zero-order valence-corrected chi connectivity index (χ0v) is 16.6. The second-order valence-electron chi connectivity index (χ2n) is 7.70. The Labute approximate surface area is 160 Å². The summed E-state index contributed by atoms with van der Waals surface area (Å²) in [7, 11) is 1.48. The molecule has 1 aliphatic heterocycles. The van der Waals surface area contributed by atoms with E-state index in [0.717, 1.165) is 37.2 Å². The third-order valence-electron chi connectivity index (χ3n) is 5.10. The van der Waals surface area contributed by atoms with Crippen molar-refractivity contribution >= 4 is 17.4 Å². The summed E-state index contributed by atoms with van der Waals surface area (Å²) in [6.45, 7) is 8.04. The predicted octanol–water partition coefficient (Wildman–Crippen LogP) is 2.39. The molecule has 0 saturated carbocycles. The number of anilines is 1. The number of carboxylic acid groups (broad SMARTS) is 1. The first-order valence-corrected chi connectivity index (χ1v) is 9.07. The molecule has 0 aliphatic carbocycles. The number of carboxylic acids is 1. The number of aliphatic carboxylic acids is 1. The highest BCUT2D eigenvalue weighted by Gasteiger charge is 2.29. The van der Waals surface area contributed by atoms with Gasteiger partial charge in [0.2, 0.25) is 0 Å². The summed E-state index contributed by atoms with van der Waals surface area (Å²) in [5, 5.41) is 9.40. The van der Waals surface area contributed by atoms with Gasteiger partial charge in [0.15, 0.2) is 5.88 Å². The van der Waals surface area contributed by atoms with E-state index in [1.165, 1.54) is 7.11 Å². The van der Waals surface area contributed by atoms with Gasteiger partial charge in [0.1, 0.15) is 0 Å². The number of allylic oxidation sites excluding steroid dienone is 2. The van der Waals surface area contributed by atoms with E-state index in [0.29, 0.717) is 17.0 Å². The van der Waals surface area contributed by atoms with Crippen molar-refractivity contribution in [2.45, 2.75) is 40.0 Å². The lowest BCUT2D eigenvalue weighted by Gasteiger charge is -2.40. The van der Waals surface area contributed by atoms with Crippen molar-refractivity contribution in [2.24, 2.45) is 16.9 Å². The number of hydrogen-bond donors (Lipinski definition) is 3. The number of aromatic nitrogens is 1. The Bertz CT molecular complexity index is 759. The van der Waals surface area contributed by atoms with Gasteiger partial charge in [-0.2, -0.15) is 0 Å². The molecule has 148 valence electrons. The van der Waals surface area contributed by atoms with Crippen LogP contribution in [0.15, 0.2) is 24.2 Å². The number of pyridine rings is 1. The summed E-state index contributed by atoms with van der Waals surface area (Å²) >= 11 is 0. The van der Waals surface area contributed by atoms with Gasteiger partial charge in [0.25, 0.3) is 0 Å². The van der Waals surface area contributed by atoms with Gasteiger partial charge in [-0.15, -0.1) is 0 Å². The van der Waals surface area contributed by atoms with E-state index in [-0.39, 0.29) is 17.7 Å². The fraction of sp³-hybridized carbons (Fsp3) is 0.500. The molecule has 0 spiro atoms. The highest BCUT2D eigenvalue weighted by Crippen LogP contribution is 2.37. The van der Waals surface area contributed by atoms with Crippen molar-refractivity contribution in [3.63, 3.8) is 0 Å². The van der Waals surface area contributed by atoms with E-state index in [4.69, 9.17) is 16.2 Å². The molecular formula is C20H30N4O3. The van der Waals surface area contributed by atoms with Crippen molar-refractivity contribution in [2.75, 3.05) is 25.1 Å². The molecule has 1 aromatic heterocycles. The van der Waals surface area contributed by atoms with Crippen molar-refractivity contribution in [1.82, 2.24) is 4.98 Å². The van der Waals surface area contributed by atoms with Crippen LogP contribution in [0.3, 0.4) is 0 Å². The number of methoxy groups -OCH3 is 1. The molecule has 0 atom stereocenters. The van der Waals surface area contributed by atoms with Crippen LogP contribution >= 0.6 is 0 Å². The fourth-order valence-corrected chi connectivity index (χ4v) is 3.24. The highest BCUT2D eigenvalue weighted by atomic mass is 16.5. The van der Waals surface area contributed by atoms with E-state index in [1.807, 2.05) is 6.92 Å². The SMILES string of the molecule is CO/C(N)=C/C=C(\N)c1cnc(C)c(CC(=O)O)c1N1CCC(C)(C)CC1. The van der Waals surface area contributed by atoms with Gasteiger partial charge in [0.05, 0.1) is 19.2 Å². The Hall–Kier alpha value is -2.70. The van der Waals surface area contributed by atoms with Crippen LogP contribution in [0, 0.1) is 12.3 Å². The zero-order valence-electron chi connectivity index (χ0n) is 16.6. The molecule has 1 saturated heterocycles. The molecule has 1 aliphatic rings. The minimum Gasteiger partial charge on any atom is -0.483 e. The second kappa shape index (κ2) is 8.33. The number of nitrogens with two attached hydrogens (primary N) is 2. The van der Waals surface area contributed by atoms with Crippen LogP contribution in [0.5, 0.6) is 0 Å². The van der Waals surface area contributed by atoms with Crippen LogP contribution in [0.4, 0.5) is 5.69 Å². The second-order valence-corrected chi connectivity index (χ2v) is 7.70. The van der Waals surface area contributed by atoms with Crippen LogP contribution in [0.1, 0.15) is 43.5 Å². The van der Waals surface area contributed by atoms with Crippen LogP contribution in [-0.2, 0) is 16.0 Å². The summed E-state index contributed by atoms with van der Waals surface area (Å²) < 4.78 is 4.94. The Kier molecular flexibility index (Phi) is 6.36. The fourth-order valence-electron chi connectivity index (χ4n) is 3.24. The Morgan fingerprint density at radius 3 is 2.52 bits per heavy atom. The van der Waals surface area contributed by atoms with Gasteiger partial charge in [-0.25, -0.2) is 0 Å². The number of ether oxygens (including phenoxy) is 1. The van der Waals surface area contributed by atoms with E-state index in [1.54, 1.807) is 18.3 Å². The average molecular weight is 374 g/mol. The standard InChI is InChI=1S/C20H30N4O3/c1-13-14(11-18(25)26)19(24-9-7-20(2,3)8-10-24)15(12-23-13)16(21)5-6-17(22)27-4/h5-6,12H,7-11,21-22H2,1-4H3,(H,25,26)/b16-5-,17-6+. The number of rotatable bonds is 6. The molecule has 0 amide bonds. The monoisotopic (exact) mass is 374 g/mol. The normalized spacial score (nSPS) is 17.7. The lowest BCUT2D eigenvalue weighted by Crippen LogP contribution is -2.38. The molecule has 5 N–H and O–H groups in total. The summed E-state index contributed by atoms with van der Waals surface area (Å²) in [4.78, 5) is 18.1. The molecule has 27 heavy (non-hydrogen) atoms. The number of nitrogens with zero attached hydrogens (tertiary/aromatic N) is 2. The molecule has 1 aromatic rings. The summed E-state index contributed by atoms with van der Waals surface area (Å²) in [5.41, 5.74) is 15.7. The van der Waals surface area contributed by atoms with Crippen LogP contribution < -0.4 is 16.4 Å². The Balaban J connectivity index is 2.55. The van der Waals surface area contributed by atoms with Crippen molar-refractivity contribution in [3.05, 3.63) is 41.1 Å². The van der Waals surface area contributed by atoms with Gasteiger partial charge < -0.3 is 26.2 Å². The van der Waals surface area contributed by atoms with Gasteiger partial charge in [-0.1, -0.05) is 13.8 Å². The number of hydrogen-bond acceptors (Lipinski definition) is 6. The molecule has 2 rings (SSSR count). The van der Waals surface area contributed by atoms with E-state index in [2.05, 4.69) is 23.7 Å². The molecule has 0 aromatic carbocycles. The molecular weight excluding hydrogens is 344 g/mol. The van der Waals surface area contributed by atoms with Crippen LogP contribution in [0.2, 0.25) is 0 Å². The predicted molar refractivity (Wildman–Crippen MR) is 107 cm³/mol. The topological polar surface area (TPSA) is 115 Å². The molecule has 7 heteroatoms. The van der Waals surface area contributed by atoms with Crippen molar-refractivity contribution in [1.29, 1.82) is 0 Å². The quantitative estimate of drug-likeness (QED) is 0.517. The third kappa shape index (κ3) is 5.15. The van der Waals surface area contributed by atoms with E-state index >= 15 is 0 Å². The third-order valence-corrected chi connectivity index (χ3v) is 5.10. The Morgan fingerprint density at radius 2 is 1.96 bits per heavy atom. The molecule has 0 unspecified atom stereocenters. The summed E-state index contributed by atoms with van der Waals surface area (Å²) in [6.07, 6.45) is 6.91. The van der Waals surface area contributed by atoms with Crippen LogP contribution in [-0.4, -0.2) is 36.3 Å². The lowest BCUT2D eigenvalue weighted by atomic mass is 9.82. The van der Waals surface area contributed by atoms with E-state index in [9.17, 15) is 9.90 Å². The smallest absolute Gasteiger partial charge is 0.307 e. The molecule has 1 fully saturated rings. The van der Waals surface area contributed by atoms with Crippen LogP contribution in [0.25, 0.3) is 5.70 Å². The van der Waals surface area contributed by atoms with Gasteiger partial charge in [0, 0.05) is 41.8 Å². The number of aryl methyl sites for hydroxylation is 1. The first kappa shape index (κ1) is 20.6. The van der Waals surface area contributed by atoms with Gasteiger partial charge in [-0.3, -0.25) is 9.78 Å². The maximum absolute atomic E-state index is 11.5. The van der Waals surface area contributed by atoms with E-state index < -0.39 is 5.97 Å². The maximum atomic E-state index is 11.5. The van der Waals surface area contributed by atoms with Crippen molar-refractivity contribution < 1.29 is 14.6 Å². The zero-order chi connectivity index (χ0) is 20.2. The maximum Gasteiger partial charge on any atom is 0.307 e. The molecule has 0 bridgehead atoms. The largest absolute Gasteiger partial charge is 0.483 e. The number of carbonyl (C=O) groups is 1.